The number of rotatable bonds is 7. The van der Waals surface area contributed by atoms with Gasteiger partial charge < -0.3 is 19.4 Å². The van der Waals surface area contributed by atoms with Gasteiger partial charge in [0.25, 0.3) is 0 Å². The molecule has 34 heavy (non-hydrogen) atoms. The summed E-state index contributed by atoms with van der Waals surface area (Å²) in [5.74, 6) is 0.625. The fraction of sp³-hybridized carbons (Fsp3) is 0.481. The number of likely N-dealkylation sites (N-methyl/N-ethyl adjacent to an activating group) is 1. The Labute approximate surface area is 201 Å². The van der Waals surface area contributed by atoms with Crippen LogP contribution in [0.25, 0.3) is 0 Å². The number of hydrogen-bond donors (Lipinski definition) is 0. The smallest absolute Gasteiger partial charge is 0.226 e. The number of halogens is 1. The van der Waals surface area contributed by atoms with Crippen LogP contribution < -0.4 is 4.74 Å². The van der Waals surface area contributed by atoms with Crippen LogP contribution in [-0.4, -0.2) is 79.4 Å². The predicted octanol–water partition coefficient (Wildman–Crippen LogP) is 3.22. The topological polar surface area (TPSA) is 53.1 Å². The van der Waals surface area contributed by atoms with Crippen molar-refractivity contribution in [2.24, 2.45) is 5.41 Å². The summed E-state index contributed by atoms with van der Waals surface area (Å²) in [6.45, 7) is 4.88. The number of benzene rings is 2. The van der Waals surface area contributed by atoms with E-state index in [1.807, 2.05) is 40.1 Å². The van der Waals surface area contributed by atoms with Crippen molar-refractivity contribution in [3.63, 3.8) is 0 Å². The molecule has 0 N–H and O–H groups in total. The van der Waals surface area contributed by atoms with E-state index >= 15 is 0 Å². The Morgan fingerprint density at radius 2 is 1.56 bits per heavy atom. The molecule has 0 aromatic heterocycles. The van der Waals surface area contributed by atoms with Gasteiger partial charge in [-0.05, 0) is 49.7 Å². The normalized spacial score (nSPS) is 18.5. The van der Waals surface area contributed by atoms with E-state index in [4.69, 9.17) is 4.74 Å². The summed E-state index contributed by atoms with van der Waals surface area (Å²) >= 11 is 0. The first-order valence-corrected chi connectivity index (χ1v) is 12.1. The molecule has 7 heteroatoms. The molecule has 2 saturated heterocycles. The molecule has 2 aliphatic heterocycles. The molecule has 0 saturated carbocycles. The Hall–Kier alpha value is -2.93. The summed E-state index contributed by atoms with van der Waals surface area (Å²) in [5.41, 5.74) is 0.367. The Morgan fingerprint density at radius 1 is 0.882 bits per heavy atom. The fourth-order valence-electron chi connectivity index (χ4n) is 4.78. The van der Waals surface area contributed by atoms with Crippen molar-refractivity contribution >= 4 is 11.8 Å². The van der Waals surface area contributed by atoms with Gasteiger partial charge in [0, 0.05) is 51.1 Å². The lowest BCUT2D eigenvalue weighted by Gasteiger charge is -2.43. The highest BCUT2D eigenvalue weighted by Crippen LogP contribution is 2.37. The molecule has 2 aromatic rings. The molecular formula is C27H34FN3O3. The first kappa shape index (κ1) is 24.2. The van der Waals surface area contributed by atoms with Crippen LogP contribution in [0.5, 0.6) is 5.75 Å². The molecule has 2 heterocycles. The summed E-state index contributed by atoms with van der Waals surface area (Å²) < 4.78 is 19.6. The molecular weight excluding hydrogens is 433 g/mol. The quantitative estimate of drug-likeness (QED) is 0.628. The van der Waals surface area contributed by atoms with Crippen LogP contribution in [0.3, 0.4) is 0 Å². The van der Waals surface area contributed by atoms with Crippen molar-refractivity contribution in [2.45, 2.75) is 25.7 Å². The molecule has 0 unspecified atom stereocenters. The molecule has 0 bridgehead atoms. The first-order valence-electron chi connectivity index (χ1n) is 12.1. The largest absolute Gasteiger partial charge is 0.493 e. The minimum atomic E-state index is -0.330. The lowest BCUT2D eigenvalue weighted by atomic mass is 9.75. The van der Waals surface area contributed by atoms with Gasteiger partial charge in [-0.2, -0.15) is 0 Å². The van der Waals surface area contributed by atoms with Crippen LogP contribution >= 0.6 is 0 Å². The van der Waals surface area contributed by atoms with Crippen molar-refractivity contribution in [1.82, 2.24) is 14.7 Å². The number of likely N-dealkylation sites (tertiary alicyclic amines) is 1. The summed E-state index contributed by atoms with van der Waals surface area (Å²) in [7, 11) is 2.08. The van der Waals surface area contributed by atoms with Crippen LogP contribution in [0, 0.1) is 11.2 Å². The number of amides is 2. The number of nitrogens with zero attached hydrogens (tertiary/aromatic N) is 3. The van der Waals surface area contributed by atoms with E-state index in [-0.39, 0.29) is 29.5 Å². The van der Waals surface area contributed by atoms with Gasteiger partial charge >= 0.3 is 0 Å². The van der Waals surface area contributed by atoms with Gasteiger partial charge in [0.15, 0.2) is 0 Å². The van der Waals surface area contributed by atoms with Crippen LogP contribution in [0.15, 0.2) is 54.6 Å². The number of piperazine rings is 1. The van der Waals surface area contributed by atoms with E-state index in [1.165, 1.54) is 12.1 Å². The van der Waals surface area contributed by atoms with E-state index in [9.17, 15) is 14.0 Å². The molecule has 6 nitrogen and oxygen atoms in total. The molecule has 182 valence electrons. The second kappa shape index (κ2) is 11.0. The highest BCUT2D eigenvalue weighted by atomic mass is 19.1. The second-order valence-electron chi connectivity index (χ2n) is 9.65. The Kier molecular flexibility index (Phi) is 7.83. The minimum Gasteiger partial charge on any atom is -0.493 e. The number of carbonyl (C=O) groups is 2. The van der Waals surface area contributed by atoms with E-state index < -0.39 is 0 Å². The molecule has 2 aliphatic rings. The Balaban J connectivity index is 1.40. The number of carbonyl (C=O) groups excluding carboxylic acids is 2. The zero-order valence-electron chi connectivity index (χ0n) is 19.9. The third-order valence-electron chi connectivity index (χ3n) is 7.09. The lowest BCUT2D eigenvalue weighted by molar-refractivity contribution is -0.138. The van der Waals surface area contributed by atoms with Crippen LogP contribution in [0.2, 0.25) is 0 Å². The maximum atomic E-state index is 13.5. The highest BCUT2D eigenvalue weighted by Gasteiger charge is 2.40. The third kappa shape index (κ3) is 6.35. The van der Waals surface area contributed by atoms with E-state index in [0.29, 0.717) is 44.5 Å². The van der Waals surface area contributed by atoms with Crippen molar-refractivity contribution in [2.75, 3.05) is 52.9 Å². The zero-order chi connectivity index (χ0) is 24.0. The van der Waals surface area contributed by atoms with Gasteiger partial charge in [-0.15, -0.1) is 0 Å². The highest BCUT2D eigenvalue weighted by molar-refractivity contribution is 5.79. The molecule has 0 radical (unpaired) electrons. The number of piperidine rings is 1. The number of para-hydroxylation sites is 1. The van der Waals surface area contributed by atoms with Gasteiger partial charge in [0.2, 0.25) is 11.8 Å². The number of ether oxygens (including phenoxy) is 1. The first-order chi connectivity index (χ1) is 16.4. The summed E-state index contributed by atoms with van der Waals surface area (Å²) in [4.78, 5) is 32.1. The van der Waals surface area contributed by atoms with E-state index in [0.717, 1.165) is 31.9 Å². The summed E-state index contributed by atoms with van der Waals surface area (Å²) in [5, 5.41) is 0. The zero-order valence-corrected chi connectivity index (χ0v) is 19.9. The third-order valence-corrected chi connectivity index (χ3v) is 7.09. The minimum absolute atomic E-state index is 0.00595. The molecule has 0 spiro atoms. The molecule has 0 aliphatic carbocycles. The average molecular weight is 468 g/mol. The van der Waals surface area contributed by atoms with Gasteiger partial charge in [-0.3, -0.25) is 9.59 Å². The molecule has 2 fully saturated rings. The van der Waals surface area contributed by atoms with Crippen molar-refractivity contribution in [1.29, 1.82) is 0 Å². The summed E-state index contributed by atoms with van der Waals surface area (Å²) in [6.07, 6.45) is 2.02. The standard InChI is InChI=1S/C27H34FN3O3/c1-29-14-16-31(17-15-29)26(33)20-27(21-34-24-8-3-2-4-9-24)10-12-30(13-11-27)25(32)19-22-6-5-7-23(28)18-22/h2-9,18H,10-17,19-21H2,1H3. The van der Waals surface area contributed by atoms with Gasteiger partial charge in [-0.1, -0.05) is 30.3 Å². The second-order valence-corrected chi connectivity index (χ2v) is 9.65. The van der Waals surface area contributed by atoms with Crippen LogP contribution in [-0.2, 0) is 16.0 Å². The predicted molar refractivity (Wildman–Crippen MR) is 129 cm³/mol. The van der Waals surface area contributed by atoms with Crippen molar-refractivity contribution in [3.8, 4) is 5.75 Å². The fourth-order valence-corrected chi connectivity index (χ4v) is 4.78. The molecule has 2 amide bonds. The average Bonchev–Trinajstić information content (AvgIpc) is 2.84. The number of hydrogen-bond acceptors (Lipinski definition) is 4. The molecule has 4 rings (SSSR count). The van der Waals surface area contributed by atoms with Crippen molar-refractivity contribution in [3.05, 3.63) is 66.0 Å². The van der Waals surface area contributed by atoms with Crippen LogP contribution in [0.1, 0.15) is 24.8 Å². The van der Waals surface area contributed by atoms with Crippen molar-refractivity contribution < 1.29 is 18.7 Å². The van der Waals surface area contributed by atoms with E-state index in [2.05, 4.69) is 11.9 Å². The monoisotopic (exact) mass is 467 g/mol. The Morgan fingerprint density at radius 3 is 2.24 bits per heavy atom. The Bertz CT molecular complexity index is 968. The SMILES string of the molecule is CN1CCN(C(=O)CC2(COc3ccccc3)CCN(C(=O)Cc3cccc(F)c3)CC2)CC1. The lowest BCUT2D eigenvalue weighted by Crippen LogP contribution is -2.51. The maximum Gasteiger partial charge on any atom is 0.226 e. The van der Waals surface area contributed by atoms with Gasteiger partial charge in [-0.25, -0.2) is 4.39 Å². The molecule has 2 aromatic carbocycles. The van der Waals surface area contributed by atoms with Gasteiger partial charge in [0.1, 0.15) is 11.6 Å². The summed E-state index contributed by atoms with van der Waals surface area (Å²) in [6, 6.07) is 15.9. The van der Waals surface area contributed by atoms with Gasteiger partial charge in [0.05, 0.1) is 13.0 Å². The maximum absolute atomic E-state index is 13.5. The van der Waals surface area contributed by atoms with Crippen LogP contribution in [0.4, 0.5) is 4.39 Å². The molecule has 0 atom stereocenters. The van der Waals surface area contributed by atoms with E-state index in [1.54, 1.807) is 12.1 Å².